The van der Waals surface area contributed by atoms with Crippen molar-refractivity contribution in [1.82, 2.24) is 0 Å². The quantitative estimate of drug-likeness (QED) is 0.759. The van der Waals surface area contributed by atoms with E-state index in [1.165, 1.54) is 11.1 Å². The second-order valence-electron chi connectivity index (χ2n) is 7.47. The number of hydrogen-bond acceptors (Lipinski definition) is 2. The Hall–Kier alpha value is -2.22. The van der Waals surface area contributed by atoms with E-state index >= 15 is 0 Å². The number of phenolic OH excluding ortho intramolecular Hbond substituents is 2. The Labute approximate surface area is 145 Å². The van der Waals surface area contributed by atoms with Gasteiger partial charge >= 0.3 is 0 Å². The second kappa shape index (κ2) is 6.35. The van der Waals surface area contributed by atoms with E-state index in [2.05, 4.69) is 39.0 Å². The lowest BCUT2D eigenvalue weighted by Gasteiger charge is -2.24. The van der Waals surface area contributed by atoms with Crippen molar-refractivity contribution < 1.29 is 10.2 Å². The molecule has 0 aliphatic carbocycles. The number of rotatable bonds is 3. The topological polar surface area (TPSA) is 40.5 Å². The zero-order chi connectivity index (χ0) is 18.2. The smallest absolute Gasteiger partial charge is 0.121 e. The van der Waals surface area contributed by atoms with Crippen LogP contribution in [0.25, 0.3) is 5.57 Å². The molecule has 0 saturated carbocycles. The molecule has 0 unspecified atom stereocenters. The van der Waals surface area contributed by atoms with E-state index in [-0.39, 0.29) is 5.41 Å². The van der Waals surface area contributed by atoms with E-state index in [9.17, 15) is 10.2 Å². The Morgan fingerprint density at radius 1 is 0.792 bits per heavy atom. The van der Waals surface area contributed by atoms with Crippen molar-refractivity contribution in [2.45, 2.75) is 53.9 Å². The molecule has 2 N–H and O–H groups in total. The predicted molar refractivity (Wildman–Crippen MR) is 102 cm³/mol. The summed E-state index contributed by atoms with van der Waals surface area (Å²) in [5.74, 6) is 0.746. The molecule has 2 nitrogen and oxygen atoms in total. The largest absolute Gasteiger partial charge is 0.507 e. The molecule has 0 radical (unpaired) electrons. The number of aromatic hydroxyl groups is 2. The van der Waals surface area contributed by atoms with Crippen molar-refractivity contribution >= 4 is 5.57 Å². The lowest BCUT2D eigenvalue weighted by atomic mass is 9.80. The molecule has 2 aromatic rings. The highest BCUT2D eigenvalue weighted by atomic mass is 16.3. The molecule has 0 atom stereocenters. The van der Waals surface area contributed by atoms with Crippen LogP contribution in [-0.2, 0) is 5.41 Å². The molecule has 0 fully saturated rings. The van der Waals surface area contributed by atoms with Crippen LogP contribution in [0.2, 0.25) is 0 Å². The zero-order valence-corrected chi connectivity index (χ0v) is 15.8. The van der Waals surface area contributed by atoms with E-state index < -0.39 is 0 Å². The Balaban J connectivity index is 2.48. The van der Waals surface area contributed by atoms with Gasteiger partial charge in [-0.2, -0.15) is 0 Å². The molecule has 0 aliphatic heterocycles. The predicted octanol–water partition coefficient (Wildman–Crippen LogP) is 5.71. The van der Waals surface area contributed by atoms with Crippen molar-refractivity contribution in [3.05, 3.63) is 63.7 Å². The third kappa shape index (κ3) is 3.48. The van der Waals surface area contributed by atoms with E-state index in [4.69, 9.17) is 0 Å². The Kier molecular flexibility index (Phi) is 4.80. The molecule has 0 spiro atoms. The van der Waals surface area contributed by atoms with Gasteiger partial charge in [0, 0.05) is 5.41 Å². The van der Waals surface area contributed by atoms with Crippen LogP contribution >= 0.6 is 0 Å². The van der Waals surface area contributed by atoms with Crippen molar-refractivity contribution in [2.24, 2.45) is 0 Å². The lowest BCUT2D eigenvalue weighted by Crippen LogP contribution is -2.15. The Morgan fingerprint density at radius 3 is 1.58 bits per heavy atom. The second-order valence-corrected chi connectivity index (χ2v) is 7.47. The third-order valence-electron chi connectivity index (χ3n) is 4.76. The zero-order valence-electron chi connectivity index (χ0n) is 15.8. The van der Waals surface area contributed by atoms with Gasteiger partial charge in [0.2, 0.25) is 0 Å². The molecular weight excluding hydrogens is 296 g/mol. The number of allylic oxidation sites excluding steroid dienone is 2. The van der Waals surface area contributed by atoms with Gasteiger partial charge in [0.25, 0.3) is 0 Å². The van der Waals surface area contributed by atoms with Gasteiger partial charge in [0.1, 0.15) is 11.5 Å². The van der Waals surface area contributed by atoms with Crippen LogP contribution < -0.4 is 0 Å². The van der Waals surface area contributed by atoms with E-state index in [0.717, 1.165) is 27.8 Å². The van der Waals surface area contributed by atoms with Crippen molar-refractivity contribution in [1.29, 1.82) is 0 Å². The van der Waals surface area contributed by atoms with Crippen LogP contribution in [0.1, 0.15) is 54.2 Å². The minimum atomic E-state index is -0.160. The summed E-state index contributed by atoms with van der Waals surface area (Å²) in [6.45, 7) is 14.2. The van der Waals surface area contributed by atoms with Crippen LogP contribution in [0.5, 0.6) is 11.5 Å². The molecule has 0 bridgehead atoms. The Bertz CT molecular complexity index is 765. The van der Waals surface area contributed by atoms with Crippen LogP contribution in [-0.4, -0.2) is 10.2 Å². The number of phenols is 2. The van der Waals surface area contributed by atoms with Gasteiger partial charge in [-0.25, -0.2) is 0 Å². The summed E-state index contributed by atoms with van der Waals surface area (Å²) in [5.41, 5.74) is 6.92. The standard InChI is InChI=1S/C22H28O2/c1-13-8-18(9-14(2)20(13)23)17(5)12-22(6,7)19-10-15(3)21(24)16(4)11-19/h8-12,23-24H,1-7H3. The Morgan fingerprint density at radius 2 is 1.17 bits per heavy atom. The number of aryl methyl sites for hydroxylation is 4. The fourth-order valence-electron chi connectivity index (χ4n) is 3.22. The molecule has 128 valence electrons. The van der Waals surface area contributed by atoms with Crippen LogP contribution in [0.3, 0.4) is 0 Å². The highest BCUT2D eigenvalue weighted by Crippen LogP contribution is 2.34. The summed E-state index contributed by atoms with van der Waals surface area (Å²) >= 11 is 0. The van der Waals surface area contributed by atoms with Gasteiger partial charge in [0.15, 0.2) is 0 Å². The van der Waals surface area contributed by atoms with Crippen LogP contribution in [0.15, 0.2) is 30.3 Å². The van der Waals surface area contributed by atoms with Crippen molar-refractivity contribution in [2.75, 3.05) is 0 Å². The molecule has 24 heavy (non-hydrogen) atoms. The summed E-state index contributed by atoms with van der Waals surface area (Å²) < 4.78 is 0. The molecule has 2 aromatic carbocycles. The van der Waals surface area contributed by atoms with Crippen molar-refractivity contribution in [3.8, 4) is 11.5 Å². The maximum absolute atomic E-state index is 10.0. The highest BCUT2D eigenvalue weighted by Gasteiger charge is 2.20. The monoisotopic (exact) mass is 324 g/mol. The highest BCUT2D eigenvalue weighted by molar-refractivity contribution is 5.68. The first-order valence-electron chi connectivity index (χ1n) is 8.33. The molecule has 2 heteroatoms. The average molecular weight is 324 g/mol. The number of benzene rings is 2. The molecule has 0 aliphatic rings. The van der Waals surface area contributed by atoms with Gasteiger partial charge < -0.3 is 10.2 Å². The molecular formula is C22H28O2. The van der Waals surface area contributed by atoms with Gasteiger partial charge in [-0.15, -0.1) is 0 Å². The molecule has 2 rings (SSSR count). The first-order chi connectivity index (χ1) is 11.0. The van der Waals surface area contributed by atoms with Gasteiger partial charge in [-0.05, 0) is 85.7 Å². The minimum absolute atomic E-state index is 0.160. The van der Waals surface area contributed by atoms with Gasteiger partial charge in [-0.1, -0.05) is 32.1 Å². The maximum atomic E-state index is 10.0. The van der Waals surface area contributed by atoms with E-state index in [1.807, 2.05) is 39.8 Å². The molecule has 0 amide bonds. The molecule has 0 heterocycles. The fraction of sp³-hybridized carbons (Fsp3) is 0.364. The average Bonchev–Trinajstić information content (AvgIpc) is 2.48. The lowest BCUT2D eigenvalue weighted by molar-refractivity contribution is 0.466. The first-order valence-corrected chi connectivity index (χ1v) is 8.33. The maximum Gasteiger partial charge on any atom is 0.121 e. The third-order valence-corrected chi connectivity index (χ3v) is 4.76. The fourth-order valence-corrected chi connectivity index (χ4v) is 3.22. The summed E-state index contributed by atoms with van der Waals surface area (Å²) in [6.07, 6.45) is 2.25. The molecule has 0 saturated heterocycles. The summed E-state index contributed by atoms with van der Waals surface area (Å²) in [6, 6.07) is 8.16. The molecule has 0 aromatic heterocycles. The van der Waals surface area contributed by atoms with Gasteiger partial charge in [-0.3, -0.25) is 0 Å². The van der Waals surface area contributed by atoms with E-state index in [0.29, 0.717) is 11.5 Å². The van der Waals surface area contributed by atoms with Crippen molar-refractivity contribution in [3.63, 3.8) is 0 Å². The summed E-state index contributed by atoms with van der Waals surface area (Å²) in [4.78, 5) is 0. The SMILES string of the molecule is CC(=CC(C)(C)c1cc(C)c(O)c(C)c1)c1cc(C)c(O)c(C)c1. The van der Waals surface area contributed by atoms with Crippen LogP contribution in [0.4, 0.5) is 0 Å². The summed E-state index contributed by atoms with van der Waals surface area (Å²) in [7, 11) is 0. The van der Waals surface area contributed by atoms with Gasteiger partial charge in [0.05, 0.1) is 0 Å². The summed E-state index contributed by atoms with van der Waals surface area (Å²) in [5, 5.41) is 20.0. The minimum Gasteiger partial charge on any atom is -0.507 e. The normalized spacial score (nSPS) is 12.5. The number of hydrogen-bond donors (Lipinski definition) is 2. The first kappa shape index (κ1) is 18.1. The van der Waals surface area contributed by atoms with E-state index in [1.54, 1.807) is 0 Å². The van der Waals surface area contributed by atoms with Crippen LogP contribution in [0, 0.1) is 27.7 Å².